The third-order valence-electron chi connectivity index (χ3n) is 4.30. The third-order valence-corrected chi connectivity index (χ3v) is 6.61. The van der Waals surface area contributed by atoms with Crippen LogP contribution in [-0.2, 0) is 21.3 Å². The Kier molecular flexibility index (Phi) is 5.57. The van der Waals surface area contributed by atoms with E-state index in [4.69, 9.17) is 0 Å². The highest BCUT2D eigenvalue weighted by Gasteiger charge is 2.19. The van der Waals surface area contributed by atoms with E-state index in [2.05, 4.69) is 9.46 Å². The van der Waals surface area contributed by atoms with Gasteiger partial charge in [-0.2, -0.15) is 0 Å². The molecule has 0 aliphatic rings. The van der Waals surface area contributed by atoms with Gasteiger partial charge in [0.2, 0.25) is 0 Å². The number of methoxy groups -OCH3 is 1. The Morgan fingerprint density at radius 3 is 2.64 bits per heavy atom. The average molecular weight is 421 g/mol. The molecule has 2 aromatic carbocycles. The zero-order chi connectivity index (χ0) is 20.5. The van der Waals surface area contributed by atoms with Crippen molar-refractivity contribution in [3.8, 4) is 0 Å². The van der Waals surface area contributed by atoms with Crippen molar-refractivity contribution < 1.29 is 17.9 Å². The van der Waals surface area contributed by atoms with Crippen LogP contribution in [0.1, 0.15) is 29.3 Å². The first-order valence-electron chi connectivity index (χ1n) is 8.62. The fraction of sp³-hybridized carbons (Fsp3) is 0.263. The number of esters is 1. The Morgan fingerprint density at radius 2 is 1.96 bits per heavy atom. The molecule has 0 unspecified atom stereocenters. The molecule has 7 nitrogen and oxygen atoms in total. The SMILES string of the molecule is CCCn1c(=O)sc2cc(S(=O)(=O)Nc3cc(C(=O)OC)ccc3C)ccc21. The van der Waals surface area contributed by atoms with E-state index in [1.807, 2.05) is 6.92 Å². The van der Waals surface area contributed by atoms with E-state index in [1.54, 1.807) is 29.7 Å². The molecule has 0 saturated carbocycles. The summed E-state index contributed by atoms with van der Waals surface area (Å²) in [5.41, 5.74) is 1.92. The van der Waals surface area contributed by atoms with Crippen molar-refractivity contribution in [2.75, 3.05) is 11.8 Å². The van der Waals surface area contributed by atoms with Crippen LogP contribution in [0.15, 0.2) is 46.1 Å². The zero-order valence-electron chi connectivity index (χ0n) is 15.7. The maximum Gasteiger partial charge on any atom is 0.337 e. The van der Waals surface area contributed by atoms with Gasteiger partial charge in [0.1, 0.15) is 0 Å². The van der Waals surface area contributed by atoms with Gasteiger partial charge in [-0.25, -0.2) is 13.2 Å². The molecule has 0 spiro atoms. The molecule has 0 atom stereocenters. The first-order valence-corrected chi connectivity index (χ1v) is 10.9. The summed E-state index contributed by atoms with van der Waals surface area (Å²) in [5.74, 6) is -0.552. The van der Waals surface area contributed by atoms with Crippen molar-refractivity contribution in [2.45, 2.75) is 31.7 Å². The summed E-state index contributed by atoms with van der Waals surface area (Å²) in [4.78, 5) is 23.8. The molecule has 0 bridgehead atoms. The lowest BCUT2D eigenvalue weighted by Gasteiger charge is -2.12. The van der Waals surface area contributed by atoms with Gasteiger partial charge in [-0.05, 0) is 49.2 Å². The molecule has 0 amide bonds. The van der Waals surface area contributed by atoms with E-state index in [9.17, 15) is 18.0 Å². The minimum atomic E-state index is -3.90. The topological polar surface area (TPSA) is 94.5 Å². The summed E-state index contributed by atoms with van der Waals surface area (Å²) in [7, 11) is -2.64. The predicted molar refractivity (Wildman–Crippen MR) is 110 cm³/mol. The summed E-state index contributed by atoms with van der Waals surface area (Å²) >= 11 is 1.02. The predicted octanol–water partition coefficient (Wildman–Crippen LogP) is 3.37. The van der Waals surface area contributed by atoms with Crippen molar-refractivity contribution in [3.05, 3.63) is 57.2 Å². The summed E-state index contributed by atoms with van der Waals surface area (Å²) in [6.45, 7) is 4.30. The van der Waals surface area contributed by atoms with Gasteiger partial charge in [0.25, 0.3) is 10.0 Å². The molecule has 0 fully saturated rings. The molecule has 0 aliphatic heterocycles. The number of thiazole rings is 1. The van der Waals surface area contributed by atoms with Gasteiger partial charge in [0.05, 0.1) is 33.5 Å². The van der Waals surface area contributed by atoms with Crippen LogP contribution < -0.4 is 9.60 Å². The monoisotopic (exact) mass is 420 g/mol. The highest BCUT2D eigenvalue weighted by Crippen LogP contribution is 2.25. The van der Waals surface area contributed by atoms with E-state index in [0.717, 1.165) is 23.3 Å². The fourth-order valence-corrected chi connectivity index (χ4v) is 5.01. The summed E-state index contributed by atoms with van der Waals surface area (Å²) in [6.07, 6.45) is 0.809. The number of nitrogens with zero attached hydrogens (tertiary/aromatic N) is 1. The number of nitrogens with one attached hydrogen (secondary N) is 1. The van der Waals surface area contributed by atoms with Crippen LogP contribution in [0.5, 0.6) is 0 Å². The molecule has 1 N–H and O–H groups in total. The van der Waals surface area contributed by atoms with E-state index in [1.165, 1.54) is 25.3 Å². The summed E-state index contributed by atoms with van der Waals surface area (Å²) in [5, 5.41) is 0. The van der Waals surface area contributed by atoms with E-state index in [-0.39, 0.29) is 15.3 Å². The third kappa shape index (κ3) is 3.81. The smallest absolute Gasteiger partial charge is 0.337 e. The van der Waals surface area contributed by atoms with E-state index in [0.29, 0.717) is 22.5 Å². The number of carbonyl (C=O) groups excluding carboxylic acids is 1. The van der Waals surface area contributed by atoms with Crippen LogP contribution in [0, 0.1) is 6.92 Å². The minimum Gasteiger partial charge on any atom is -0.465 e. The normalized spacial score (nSPS) is 11.5. The molecule has 1 aromatic heterocycles. The Hall–Kier alpha value is -2.65. The highest BCUT2D eigenvalue weighted by molar-refractivity contribution is 7.92. The van der Waals surface area contributed by atoms with Crippen LogP contribution >= 0.6 is 11.3 Å². The van der Waals surface area contributed by atoms with E-state index >= 15 is 0 Å². The quantitative estimate of drug-likeness (QED) is 0.617. The van der Waals surface area contributed by atoms with Crippen LogP contribution in [0.3, 0.4) is 0 Å². The highest BCUT2D eigenvalue weighted by atomic mass is 32.2. The Bertz CT molecular complexity index is 1210. The second kappa shape index (κ2) is 7.76. The Balaban J connectivity index is 2.00. The van der Waals surface area contributed by atoms with Crippen LogP contribution in [0.2, 0.25) is 0 Å². The Morgan fingerprint density at radius 1 is 1.21 bits per heavy atom. The molecule has 148 valence electrons. The minimum absolute atomic E-state index is 0.0489. The molecule has 1 heterocycles. The number of aromatic nitrogens is 1. The van der Waals surface area contributed by atoms with Crippen LogP contribution in [0.25, 0.3) is 10.2 Å². The maximum atomic E-state index is 12.9. The molecular formula is C19H20N2O5S2. The number of rotatable bonds is 6. The molecule has 9 heteroatoms. The van der Waals surface area contributed by atoms with Crippen molar-refractivity contribution in [2.24, 2.45) is 0 Å². The number of carbonyl (C=O) groups is 1. The molecular weight excluding hydrogens is 400 g/mol. The number of benzene rings is 2. The van der Waals surface area contributed by atoms with Gasteiger partial charge >= 0.3 is 10.8 Å². The number of fused-ring (bicyclic) bond motifs is 1. The van der Waals surface area contributed by atoms with Gasteiger partial charge in [-0.1, -0.05) is 24.3 Å². The largest absolute Gasteiger partial charge is 0.465 e. The molecule has 0 aliphatic carbocycles. The number of hydrogen-bond acceptors (Lipinski definition) is 6. The molecule has 3 aromatic rings. The number of sulfonamides is 1. The van der Waals surface area contributed by atoms with Crippen molar-refractivity contribution >= 4 is 43.2 Å². The first-order chi connectivity index (χ1) is 13.3. The second-order valence-corrected chi connectivity index (χ2v) is 8.95. The van der Waals surface area contributed by atoms with Gasteiger partial charge in [-0.15, -0.1) is 0 Å². The second-order valence-electron chi connectivity index (χ2n) is 6.28. The lowest BCUT2D eigenvalue weighted by atomic mass is 10.1. The first kappa shape index (κ1) is 20.1. The summed E-state index contributed by atoms with van der Waals surface area (Å²) in [6, 6.07) is 9.27. The lowest BCUT2D eigenvalue weighted by Crippen LogP contribution is -2.15. The molecule has 0 saturated heterocycles. The van der Waals surface area contributed by atoms with Crippen molar-refractivity contribution in [3.63, 3.8) is 0 Å². The van der Waals surface area contributed by atoms with Gasteiger partial charge in [0.15, 0.2) is 0 Å². The molecule has 3 rings (SSSR count). The number of ether oxygens (including phenoxy) is 1. The van der Waals surface area contributed by atoms with Crippen LogP contribution in [-0.4, -0.2) is 26.1 Å². The zero-order valence-corrected chi connectivity index (χ0v) is 17.3. The lowest BCUT2D eigenvalue weighted by molar-refractivity contribution is 0.0601. The van der Waals surface area contributed by atoms with Gasteiger partial charge in [0, 0.05) is 6.54 Å². The Labute approximate surface area is 166 Å². The van der Waals surface area contributed by atoms with Gasteiger partial charge in [-0.3, -0.25) is 14.1 Å². The van der Waals surface area contributed by atoms with Gasteiger partial charge < -0.3 is 4.74 Å². The summed E-state index contributed by atoms with van der Waals surface area (Å²) < 4.78 is 35.2. The number of aryl methyl sites for hydroxylation is 2. The molecule has 28 heavy (non-hydrogen) atoms. The number of hydrogen-bond donors (Lipinski definition) is 1. The van der Waals surface area contributed by atoms with Crippen LogP contribution in [0.4, 0.5) is 5.69 Å². The fourth-order valence-electron chi connectivity index (χ4n) is 2.83. The standard InChI is InChI=1S/C19H20N2O5S2/c1-4-9-21-16-8-7-14(11-17(16)27-19(21)23)28(24,25)20-15-10-13(18(22)26-3)6-5-12(15)2/h5-8,10-11,20H,4,9H2,1-3H3. The average Bonchev–Trinajstić information content (AvgIpc) is 2.97. The van der Waals surface area contributed by atoms with Crippen molar-refractivity contribution in [1.29, 1.82) is 0 Å². The van der Waals surface area contributed by atoms with Crippen molar-refractivity contribution in [1.82, 2.24) is 4.57 Å². The maximum absolute atomic E-state index is 12.9. The van der Waals surface area contributed by atoms with E-state index < -0.39 is 16.0 Å². The molecule has 0 radical (unpaired) electrons. The number of anilines is 1.